The highest BCUT2D eigenvalue weighted by Crippen LogP contribution is 2.22. The summed E-state index contributed by atoms with van der Waals surface area (Å²) in [6.07, 6.45) is 0. The van der Waals surface area contributed by atoms with Crippen LogP contribution in [0.2, 0.25) is 0 Å². The van der Waals surface area contributed by atoms with Gasteiger partial charge in [-0.2, -0.15) is 0 Å². The second kappa shape index (κ2) is 9.26. The molecule has 0 saturated heterocycles. The number of nitrogens with zero attached hydrogens (tertiary/aromatic N) is 1. The van der Waals surface area contributed by atoms with Crippen LogP contribution < -0.4 is 4.74 Å². The monoisotopic (exact) mass is 329 g/mol. The van der Waals surface area contributed by atoms with E-state index in [9.17, 15) is 4.79 Å². The smallest absolute Gasteiger partial charge is 0.233 e. The highest BCUT2D eigenvalue weighted by Gasteiger charge is 2.12. The summed E-state index contributed by atoms with van der Waals surface area (Å²) in [5.41, 5.74) is 1.16. The average Bonchev–Trinajstić information content (AvgIpc) is 2.60. The fourth-order valence-corrected chi connectivity index (χ4v) is 3.02. The van der Waals surface area contributed by atoms with E-state index in [1.165, 1.54) is 0 Å². The molecule has 0 radical (unpaired) electrons. The van der Waals surface area contributed by atoms with Gasteiger partial charge in [-0.3, -0.25) is 4.79 Å². The van der Waals surface area contributed by atoms with Crippen molar-refractivity contribution in [3.05, 3.63) is 60.2 Å². The normalized spacial score (nSPS) is 10.3. The molecule has 2 rings (SSSR count). The zero-order valence-electron chi connectivity index (χ0n) is 13.7. The molecule has 0 saturated carbocycles. The van der Waals surface area contributed by atoms with Crippen molar-refractivity contribution in [1.29, 1.82) is 0 Å². The molecule has 0 N–H and O–H groups in total. The van der Waals surface area contributed by atoms with Crippen molar-refractivity contribution in [2.45, 2.75) is 25.3 Å². The highest BCUT2D eigenvalue weighted by molar-refractivity contribution is 8.00. The molecule has 0 aliphatic rings. The Balaban J connectivity index is 1.87. The SMILES string of the molecule is CCOc1ccc(SCC(=O)N(CC)Cc2ccccc2)cc1. The summed E-state index contributed by atoms with van der Waals surface area (Å²) in [6.45, 7) is 6.03. The summed E-state index contributed by atoms with van der Waals surface area (Å²) < 4.78 is 5.42. The molecule has 1 amide bonds. The molecule has 0 aliphatic heterocycles. The zero-order chi connectivity index (χ0) is 16.5. The molecule has 2 aromatic carbocycles. The maximum absolute atomic E-state index is 12.4. The molecule has 0 fully saturated rings. The maximum atomic E-state index is 12.4. The first-order valence-electron chi connectivity index (χ1n) is 7.90. The third-order valence-electron chi connectivity index (χ3n) is 3.45. The van der Waals surface area contributed by atoms with Crippen LogP contribution in [0.15, 0.2) is 59.5 Å². The number of carbonyl (C=O) groups is 1. The van der Waals surface area contributed by atoms with Crippen molar-refractivity contribution in [2.75, 3.05) is 18.9 Å². The van der Waals surface area contributed by atoms with Gasteiger partial charge in [0.1, 0.15) is 5.75 Å². The van der Waals surface area contributed by atoms with Crippen LogP contribution in [0.1, 0.15) is 19.4 Å². The van der Waals surface area contributed by atoms with Gasteiger partial charge in [0.2, 0.25) is 5.91 Å². The van der Waals surface area contributed by atoms with Crippen LogP contribution in [-0.4, -0.2) is 29.7 Å². The Bertz CT molecular complexity index is 599. The topological polar surface area (TPSA) is 29.5 Å². The summed E-state index contributed by atoms with van der Waals surface area (Å²) in [5.74, 6) is 1.48. The Hall–Kier alpha value is -1.94. The van der Waals surface area contributed by atoms with Crippen LogP contribution in [0.25, 0.3) is 0 Å². The molecular formula is C19H23NO2S. The lowest BCUT2D eigenvalue weighted by Crippen LogP contribution is -2.31. The molecule has 122 valence electrons. The van der Waals surface area contributed by atoms with Crippen molar-refractivity contribution in [3.8, 4) is 5.75 Å². The zero-order valence-corrected chi connectivity index (χ0v) is 14.5. The fraction of sp³-hybridized carbons (Fsp3) is 0.316. The van der Waals surface area contributed by atoms with Crippen LogP contribution in [0, 0.1) is 0 Å². The van der Waals surface area contributed by atoms with E-state index < -0.39 is 0 Å². The minimum absolute atomic E-state index is 0.162. The minimum atomic E-state index is 0.162. The first kappa shape index (κ1) is 17.4. The van der Waals surface area contributed by atoms with Crippen LogP contribution in [0.4, 0.5) is 0 Å². The molecule has 0 bridgehead atoms. The number of amides is 1. The van der Waals surface area contributed by atoms with Crippen molar-refractivity contribution in [2.24, 2.45) is 0 Å². The molecular weight excluding hydrogens is 306 g/mol. The first-order chi connectivity index (χ1) is 11.2. The van der Waals surface area contributed by atoms with Gasteiger partial charge in [0.25, 0.3) is 0 Å². The Morgan fingerprint density at radius 1 is 1.04 bits per heavy atom. The Morgan fingerprint density at radius 2 is 1.74 bits per heavy atom. The van der Waals surface area contributed by atoms with Crippen LogP contribution in [0.5, 0.6) is 5.75 Å². The van der Waals surface area contributed by atoms with Crippen LogP contribution in [0.3, 0.4) is 0 Å². The van der Waals surface area contributed by atoms with Gasteiger partial charge in [-0.05, 0) is 43.7 Å². The highest BCUT2D eigenvalue weighted by atomic mass is 32.2. The number of hydrogen-bond donors (Lipinski definition) is 0. The van der Waals surface area contributed by atoms with Gasteiger partial charge in [0.05, 0.1) is 12.4 Å². The molecule has 0 aliphatic carbocycles. The van der Waals surface area contributed by atoms with E-state index in [-0.39, 0.29) is 5.91 Å². The van der Waals surface area contributed by atoms with Gasteiger partial charge < -0.3 is 9.64 Å². The molecule has 23 heavy (non-hydrogen) atoms. The second-order valence-electron chi connectivity index (χ2n) is 5.09. The number of rotatable bonds is 8. The van der Waals surface area contributed by atoms with E-state index >= 15 is 0 Å². The third kappa shape index (κ3) is 5.64. The minimum Gasteiger partial charge on any atom is -0.494 e. The molecule has 0 aromatic heterocycles. The van der Waals surface area contributed by atoms with Crippen LogP contribution >= 0.6 is 11.8 Å². The lowest BCUT2D eigenvalue weighted by atomic mass is 10.2. The van der Waals surface area contributed by atoms with E-state index in [2.05, 4.69) is 12.1 Å². The van der Waals surface area contributed by atoms with Gasteiger partial charge >= 0.3 is 0 Å². The van der Waals surface area contributed by atoms with E-state index in [1.807, 2.05) is 61.2 Å². The van der Waals surface area contributed by atoms with E-state index in [4.69, 9.17) is 4.74 Å². The Kier molecular flexibility index (Phi) is 7.01. The lowest BCUT2D eigenvalue weighted by molar-refractivity contribution is -0.128. The van der Waals surface area contributed by atoms with Crippen molar-refractivity contribution < 1.29 is 9.53 Å². The van der Waals surface area contributed by atoms with E-state index in [0.717, 1.165) is 22.8 Å². The number of ether oxygens (including phenoxy) is 1. The second-order valence-corrected chi connectivity index (χ2v) is 6.14. The molecule has 0 unspecified atom stereocenters. The number of hydrogen-bond acceptors (Lipinski definition) is 3. The molecule has 0 heterocycles. The van der Waals surface area contributed by atoms with Gasteiger partial charge in [-0.15, -0.1) is 11.8 Å². The number of benzene rings is 2. The largest absolute Gasteiger partial charge is 0.494 e. The Labute approximate surface area is 142 Å². The van der Waals surface area contributed by atoms with Gasteiger partial charge in [0, 0.05) is 18.0 Å². The van der Waals surface area contributed by atoms with Gasteiger partial charge in [0.15, 0.2) is 0 Å². The lowest BCUT2D eigenvalue weighted by Gasteiger charge is -2.21. The number of carbonyl (C=O) groups excluding carboxylic acids is 1. The van der Waals surface area contributed by atoms with Crippen LogP contribution in [-0.2, 0) is 11.3 Å². The predicted molar refractivity (Wildman–Crippen MR) is 95.9 cm³/mol. The summed E-state index contributed by atoms with van der Waals surface area (Å²) in [4.78, 5) is 15.4. The maximum Gasteiger partial charge on any atom is 0.233 e. The van der Waals surface area contributed by atoms with E-state index in [1.54, 1.807) is 11.8 Å². The summed E-state index contributed by atoms with van der Waals surface area (Å²) in [5, 5.41) is 0. The predicted octanol–water partition coefficient (Wildman–Crippen LogP) is 4.23. The van der Waals surface area contributed by atoms with Gasteiger partial charge in [-0.1, -0.05) is 30.3 Å². The summed E-state index contributed by atoms with van der Waals surface area (Å²) in [7, 11) is 0. The van der Waals surface area contributed by atoms with Crippen molar-refractivity contribution in [3.63, 3.8) is 0 Å². The summed E-state index contributed by atoms with van der Waals surface area (Å²) >= 11 is 1.56. The molecule has 2 aromatic rings. The Morgan fingerprint density at radius 3 is 2.35 bits per heavy atom. The molecule has 4 heteroatoms. The molecule has 0 spiro atoms. The van der Waals surface area contributed by atoms with Crippen molar-refractivity contribution in [1.82, 2.24) is 4.90 Å². The molecule has 0 atom stereocenters. The quantitative estimate of drug-likeness (QED) is 0.679. The van der Waals surface area contributed by atoms with Gasteiger partial charge in [-0.25, -0.2) is 0 Å². The number of thioether (sulfide) groups is 1. The summed E-state index contributed by atoms with van der Waals surface area (Å²) in [6, 6.07) is 18.0. The standard InChI is InChI=1S/C19H23NO2S/c1-3-20(14-16-8-6-5-7-9-16)19(21)15-23-18-12-10-17(11-13-18)22-4-2/h5-13H,3-4,14-15H2,1-2H3. The fourth-order valence-electron chi connectivity index (χ4n) is 2.22. The van der Waals surface area contributed by atoms with Crippen molar-refractivity contribution >= 4 is 17.7 Å². The first-order valence-corrected chi connectivity index (χ1v) is 8.88. The third-order valence-corrected chi connectivity index (χ3v) is 4.44. The van der Waals surface area contributed by atoms with E-state index in [0.29, 0.717) is 18.9 Å². The molecule has 3 nitrogen and oxygen atoms in total. The average molecular weight is 329 g/mol.